The summed E-state index contributed by atoms with van der Waals surface area (Å²) in [6, 6.07) is 3.84. The summed E-state index contributed by atoms with van der Waals surface area (Å²) in [5, 5.41) is 3.50. The minimum atomic E-state index is -0.575. The van der Waals surface area contributed by atoms with E-state index >= 15 is 0 Å². The summed E-state index contributed by atoms with van der Waals surface area (Å²) in [6.45, 7) is 1.98. The van der Waals surface area contributed by atoms with Crippen LogP contribution in [-0.2, 0) is 4.79 Å². The number of halogens is 2. The second kappa shape index (κ2) is 7.72. The Bertz CT molecular complexity index is 640. The highest BCUT2D eigenvalue weighted by molar-refractivity contribution is 7.99. The van der Waals surface area contributed by atoms with Crippen molar-refractivity contribution in [1.29, 1.82) is 0 Å². The summed E-state index contributed by atoms with van der Waals surface area (Å²) < 4.78 is 13.9. The Labute approximate surface area is 149 Å². The first-order chi connectivity index (χ1) is 11.6. The highest BCUT2D eigenvalue weighted by atomic mass is 35.5. The minimum absolute atomic E-state index is 0.0175. The number of benzene rings is 1. The molecular formula is C16H19ClFN3O2S. The second-order valence-corrected chi connectivity index (χ2v) is 7.33. The number of thioether (sulfide) groups is 1. The smallest absolute Gasteiger partial charge is 0.256 e. The van der Waals surface area contributed by atoms with Gasteiger partial charge in [-0.05, 0) is 24.6 Å². The summed E-state index contributed by atoms with van der Waals surface area (Å²) in [5.41, 5.74) is -0.0175. The number of carbonyl (C=O) groups is 2. The van der Waals surface area contributed by atoms with Crippen molar-refractivity contribution in [2.24, 2.45) is 0 Å². The van der Waals surface area contributed by atoms with Gasteiger partial charge < -0.3 is 9.80 Å². The lowest BCUT2D eigenvalue weighted by atomic mass is 10.2. The standard InChI is InChI=1S/C16H19ClFN3O2S/c17-11-2-3-13(18)12(8-11)15(22)20-4-1-5-21(7-6-20)16(23)14-9-24-10-19-14/h2-3,8,14,19H,1,4-7,9-10H2. The first-order valence-corrected chi connectivity index (χ1v) is 9.44. The normalized spacial score (nSPS) is 21.7. The zero-order valence-electron chi connectivity index (χ0n) is 13.1. The molecule has 0 radical (unpaired) electrons. The van der Waals surface area contributed by atoms with E-state index in [4.69, 9.17) is 11.6 Å². The third-order valence-corrected chi connectivity index (χ3v) is 5.44. The number of hydrogen-bond acceptors (Lipinski definition) is 4. The van der Waals surface area contributed by atoms with Crippen molar-refractivity contribution in [3.05, 3.63) is 34.6 Å². The average Bonchev–Trinajstić information content (AvgIpc) is 3.00. The number of hydrogen-bond donors (Lipinski definition) is 1. The molecule has 0 aromatic heterocycles. The number of rotatable bonds is 2. The molecule has 5 nitrogen and oxygen atoms in total. The Hall–Kier alpha value is -1.31. The third kappa shape index (κ3) is 3.84. The maximum atomic E-state index is 13.9. The maximum absolute atomic E-state index is 13.9. The summed E-state index contributed by atoms with van der Waals surface area (Å²) in [4.78, 5) is 28.4. The monoisotopic (exact) mass is 371 g/mol. The van der Waals surface area contributed by atoms with E-state index in [0.717, 1.165) is 11.6 Å². The van der Waals surface area contributed by atoms with E-state index in [9.17, 15) is 14.0 Å². The van der Waals surface area contributed by atoms with Crippen LogP contribution in [0.5, 0.6) is 0 Å². The molecule has 0 spiro atoms. The van der Waals surface area contributed by atoms with Crippen LogP contribution in [0.3, 0.4) is 0 Å². The van der Waals surface area contributed by atoms with Crippen LogP contribution >= 0.6 is 23.4 Å². The molecule has 2 fully saturated rings. The van der Waals surface area contributed by atoms with Crippen LogP contribution in [0.1, 0.15) is 16.8 Å². The SMILES string of the molecule is O=C(c1cc(Cl)ccc1F)N1CCCN(C(=O)C2CSCN2)CC1. The molecule has 2 saturated heterocycles. The maximum Gasteiger partial charge on any atom is 0.256 e. The lowest BCUT2D eigenvalue weighted by Gasteiger charge is -2.24. The summed E-state index contributed by atoms with van der Waals surface area (Å²) in [7, 11) is 0. The van der Waals surface area contributed by atoms with Crippen molar-refractivity contribution in [1.82, 2.24) is 15.1 Å². The third-order valence-electron chi connectivity index (χ3n) is 4.27. The molecule has 2 aliphatic heterocycles. The molecule has 130 valence electrons. The predicted molar refractivity (Wildman–Crippen MR) is 92.8 cm³/mol. The molecule has 1 atom stereocenters. The zero-order chi connectivity index (χ0) is 17.1. The lowest BCUT2D eigenvalue weighted by molar-refractivity contribution is -0.132. The molecule has 0 bridgehead atoms. The van der Waals surface area contributed by atoms with Crippen LogP contribution < -0.4 is 5.32 Å². The molecule has 2 heterocycles. The Kier molecular flexibility index (Phi) is 5.63. The molecule has 1 N–H and O–H groups in total. The molecule has 1 unspecified atom stereocenters. The van der Waals surface area contributed by atoms with Crippen molar-refractivity contribution >= 4 is 35.2 Å². The van der Waals surface area contributed by atoms with Crippen molar-refractivity contribution in [2.75, 3.05) is 37.8 Å². The fourth-order valence-corrected chi connectivity index (χ4v) is 4.05. The molecule has 2 aliphatic rings. The molecule has 0 saturated carbocycles. The van der Waals surface area contributed by atoms with Gasteiger partial charge in [-0.2, -0.15) is 0 Å². The van der Waals surface area contributed by atoms with Crippen molar-refractivity contribution < 1.29 is 14.0 Å². The molecule has 24 heavy (non-hydrogen) atoms. The molecular weight excluding hydrogens is 353 g/mol. The fourth-order valence-electron chi connectivity index (χ4n) is 2.95. The van der Waals surface area contributed by atoms with Gasteiger partial charge in [0.25, 0.3) is 5.91 Å². The van der Waals surface area contributed by atoms with E-state index < -0.39 is 5.82 Å². The Morgan fingerprint density at radius 1 is 1.21 bits per heavy atom. The first kappa shape index (κ1) is 17.5. The van der Waals surface area contributed by atoms with E-state index in [1.807, 2.05) is 0 Å². The summed E-state index contributed by atoms with van der Waals surface area (Å²) in [5.74, 6) is 0.713. The lowest BCUT2D eigenvalue weighted by Crippen LogP contribution is -2.46. The number of carbonyl (C=O) groups excluding carboxylic acids is 2. The quantitative estimate of drug-likeness (QED) is 0.861. The van der Waals surface area contributed by atoms with E-state index in [2.05, 4.69) is 5.32 Å². The first-order valence-electron chi connectivity index (χ1n) is 7.90. The van der Waals surface area contributed by atoms with Gasteiger partial charge in [0.2, 0.25) is 5.91 Å². The predicted octanol–water partition coefficient (Wildman–Crippen LogP) is 1.82. The highest BCUT2D eigenvalue weighted by Gasteiger charge is 2.30. The van der Waals surface area contributed by atoms with Crippen LogP contribution in [0.4, 0.5) is 4.39 Å². The van der Waals surface area contributed by atoms with E-state index in [0.29, 0.717) is 37.6 Å². The highest BCUT2D eigenvalue weighted by Crippen LogP contribution is 2.18. The fraction of sp³-hybridized carbons (Fsp3) is 0.500. The van der Waals surface area contributed by atoms with Crippen LogP contribution in [0.15, 0.2) is 18.2 Å². The molecule has 1 aromatic carbocycles. The van der Waals surface area contributed by atoms with Gasteiger partial charge in [-0.25, -0.2) is 4.39 Å². The molecule has 3 rings (SSSR count). The number of amides is 2. The topological polar surface area (TPSA) is 52.7 Å². The van der Waals surface area contributed by atoms with Crippen LogP contribution in [0.25, 0.3) is 0 Å². The van der Waals surface area contributed by atoms with Crippen LogP contribution in [0.2, 0.25) is 5.02 Å². The van der Waals surface area contributed by atoms with Gasteiger partial charge in [0.15, 0.2) is 0 Å². The van der Waals surface area contributed by atoms with Crippen molar-refractivity contribution in [2.45, 2.75) is 12.5 Å². The van der Waals surface area contributed by atoms with Gasteiger partial charge in [0, 0.05) is 42.8 Å². The zero-order valence-corrected chi connectivity index (χ0v) is 14.7. The average molecular weight is 372 g/mol. The van der Waals surface area contributed by atoms with Gasteiger partial charge in [0.1, 0.15) is 5.82 Å². The van der Waals surface area contributed by atoms with Gasteiger partial charge in [-0.15, -0.1) is 11.8 Å². The largest absolute Gasteiger partial charge is 0.339 e. The Morgan fingerprint density at radius 2 is 1.96 bits per heavy atom. The van der Waals surface area contributed by atoms with Crippen LogP contribution in [-0.4, -0.2) is 65.5 Å². The van der Waals surface area contributed by atoms with E-state index in [-0.39, 0.29) is 23.4 Å². The van der Waals surface area contributed by atoms with E-state index in [1.165, 1.54) is 18.2 Å². The second-order valence-electron chi connectivity index (χ2n) is 5.87. The number of nitrogens with zero attached hydrogens (tertiary/aromatic N) is 2. The molecule has 1 aromatic rings. The summed E-state index contributed by atoms with van der Waals surface area (Å²) in [6.07, 6.45) is 0.680. The van der Waals surface area contributed by atoms with Gasteiger partial charge in [-0.3, -0.25) is 14.9 Å². The summed E-state index contributed by atoms with van der Waals surface area (Å²) >= 11 is 7.58. The Morgan fingerprint density at radius 3 is 2.71 bits per heavy atom. The van der Waals surface area contributed by atoms with E-state index in [1.54, 1.807) is 21.6 Å². The van der Waals surface area contributed by atoms with Crippen LogP contribution in [0, 0.1) is 5.82 Å². The van der Waals surface area contributed by atoms with Gasteiger partial charge >= 0.3 is 0 Å². The number of nitrogens with one attached hydrogen (secondary N) is 1. The molecule has 0 aliphatic carbocycles. The molecule has 2 amide bonds. The van der Waals surface area contributed by atoms with Gasteiger partial charge in [0.05, 0.1) is 11.6 Å². The minimum Gasteiger partial charge on any atom is -0.339 e. The van der Waals surface area contributed by atoms with Crippen molar-refractivity contribution in [3.8, 4) is 0 Å². The van der Waals surface area contributed by atoms with Crippen molar-refractivity contribution in [3.63, 3.8) is 0 Å². The Balaban J connectivity index is 1.65. The van der Waals surface area contributed by atoms with Gasteiger partial charge in [-0.1, -0.05) is 11.6 Å². The molecule has 8 heteroatoms.